The van der Waals surface area contributed by atoms with Gasteiger partial charge in [-0.05, 0) is 71.7 Å². The first kappa shape index (κ1) is 21.9. The normalized spacial score (nSPS) is 21.7. The number of benzene rings is 2. The minimum atomic E-state index is -3.19. The lowest BCUT2D eigenvalue weighted by Crippen LogP contribution is -2.27. The number of aryl methyl sites for hydroxylation is 2. The molecule has 172 valence electrons. The van der Waals surface area contributed by atoms with Gasteiger partial charge in [-0.25, -0.2) is 18.4 Å². The van der Waals surface area contributed by atoms with Crippen LogP contribution in [0.1, 0.15) is 18.1 Å². The molecule has 33 heavy (non-hydrogen) atoms. The molecular formula is C26H29N3O3S. The Labute approximate surface area is 195 Å². The van der Waals surface area contributed by atoms with E-state index in [0.717, 1.165) is 54.5 Å². The van der Waals surface area contributed by atoms with Gasteiger partial charge in [0.2, 0.25) is 5.95 Å². The second kappa shape index (κ2) is 8.45. The molecule has 6 nitrogen and oxygen atoms in total. The number of aromatic nitrogens is 2. The molecule has 2 aromatic carbocycles. The molecule has 1 saturated carbocycles. The third-order valence-electron chi connectivity index (χ3n) is 6.98. The third-order valence-corrected chi connectivity index (χ3v) is 8.10. The van der Waals surface area contributed by atoms with Crippen LogP contribution in [-0.4, -0.2) is 44.3 Å². The zero-order valence-corrected chi connectivity index (χ0v) is 20.0. The first-order valence-corrected chi connectivity index (χ1v) is 13.3. The Kier molecular flexibility index (Phi) is 5.60. The standard InChI is InChI=1S/C26H29N3O3S/c1-4-18-12-27-26(28-13-18)29-14-22-23(15-29)24(22)16-32-25-10-7-20(11-17(25)2)19-5-8-21(9-6-19)33(3,30)31/h5-13,22-24H,4,14-16H2,1-3H3/t22-,23?,24+/m1/s1. The Morgan fingerprint density at radius 1 is 1.00 bits per heavy atom. The van der Waals surface area contributed by atoms with Crippen LogP contribution in [0, 0.1) is 24.7 Å². The van der Waals surface area contributed by atoms with Crippen LogP contribution in [0.4, 0.5) is 5.95 Å². The maximum absolute atomic E-state index is 11.7. The van der Waals surface area contributed by atoms with E-state index in [9.17, 15) is 8.42 Å². The summed E-state index contributed by atoms with van der Waals surface area (Å²) in [7, 11) is -3.19. The molecule has 3 atom stereocenters. The highest BCUT2D eigenvalue weighted by molar-refractivity contribution is 7.90. The molecule has 1 unspecified atom stereocenters. The van der Waals surface area contributed by atoms with E-state index in [1.54, 1.807) is 12.1 Å². The lowest BCUT2D eigenvalue weighted by molar-refractivity contribution is 0.281. The second-order valence-corrected chi connectivity index (χ2v) is 11.2. The predicted octanol–water partition coefficient (Wildman–Crippen LogP) is 4.18. The van der Waals surface area contributed by atoms with Gasteiger partial charge in [-0.2, -0.15) is 0 Å². The lowest BCUT2D eigenvalue weighted by atomic mass is 10.0. The molecule has 1 aliphatic carbocycles. The third kappa shape index (κ3) is 4.47. The molecule has 0 bridgehead atoms. The van der Waals surface area contributed by atoms with Gasteiger partial charge in [-0.3, -0.25) is 0 Å². The lowest BCUT2D eigenvalue weighted by Gasteiger charge is -2.20. The average molecular weight is 464 g/mol. The van der Waals surface area contributed by atoms with Crippen LogP contribution in [0.2, 0.25) is 0 Å². The quantitative estimate of drug-likeness (QED) is 0.523. The zero-order chi connectivity index (χ0) is 23.2. The fourth-order valence-electron chi connectivity index (χ4n) is 4.83. The van der Waals surface area contributed by atoms with Crippen molar-refractivity contribution in [2.75, 3.05) is 30.9 Å². The van der Waals surface area contributed by atoms with Crippen LogP contribution >= 0.6 is 0 Å². The smallest absolute Gasteiger partial charge is 0.225 e. The van der Waals surface area contributed by atoms with Crippen LogP contribution in [-0.2, 0) is 16.3 Å². The highest BCUT2D eigenvalue weighted by Gasteiger charge is 2.56. The summed E-state index contributed by atoms with van der Waals surface area (Å²) in [5.41, 5.74) is 4.29. The molecule has 0 amide bonds. The van der Waals surface area contributed by atoms with Gasteiger partial charge in [0.25, 0.3) is 0 Å². The molecular weight excluding hydrogens is 434 g/mol. The van der Waals surface area contributed by atoms with Crippen LogP contribution in [0.25, 0.3) is 11.1 Å². The molecule has 1 aromatic heterocycles. The number of anilines is 1. The van der Waals surface area contributed by atoms with E-state index in [-0.39, 0.29) is 0 Å². The predicted molar refractivity (Wildman–Crippen MR) is 129 cm³/mol. The summed E-state index contributed by atoms with van der Waals surface area (Å²) in [5, 5.41) is 0. The van der Waals surface area contributed by atoms with Gasteiger partial charge in [0.05, 0.1) is 11.5 Å². The van der Waals surface area contributed by atoms with Gasteiger partial charge in [-0.15, -0.1) is 0 Å². The van der Waals surface area contributed by atoms with E-state index in [2.05, 4.69) is 34.8 Å². The minimum absolute atomic E-state index is 0.334. The molecule has 2 aliphatic rings. The SMILES string of the molecule is CCc1cnc(N2CC3[C@@H](COc4ccc(-c5ccc(S(C)(=O)=O)cc5)cc4C)[C@@H]3C2)nc1. The van der Waals surface area contributed by atoms with Crippen molar-refractivity contribution in [3.63, 3.8) is 0 Å². The van der Waals surface area contributed by atoms with Crippen LogP contribution in [0.15, 0.2) is 59.8 Å². The van der Waals surface area contributed by atoms with Crippen molar-refractivity contribution in [3.8, 4) is 16.9 Å². The summed E-state index contributed by atoms with van der Waals surface area (Å²) in [6.07, 6.45) is 6.04. The van der Waals surface area contributed by atoms with Gasteiger partial charge in [0.15, 0.2) is 9.84 Å². The van der Waals surface area contributed by atoms with Gasteiger partial charge >= 0.3 is 0 Å². The maximum Gasteiger partial charge on any atom is 0.225 e. The molecule has 0 N–H and O–H groups in total. The fourth-order valence-corrected chi connectivity index (χ4v) is 5.46. The fraction of sp³-hybridized carbons (Fsp3) is 0.385. The Balaban J connectivity index is 1.16. The summed E-state index contributed by atoms with van der Waals surface area (Å²) >= 11 is 0. The highest BCUT2D eigenvalue weighted by Crippen LogP contribution is 2.52. The van der Waals surface area contributed by atoms with E-state index in [1.807, 2.05) is 36.7 Å². The van der Waals surface area contributed by atoms with E-state index in [4.69, 9.17) is 4.74 Å². The molecule has 0 spiro atoms. The number of piperidine rings is 1. The summed E-state index contributed by atoms with van der Waals surface area (Å²) in [6, 6.07) is 13.2. The van der Waals surface area contributed by atoms with E-state index in [0.29, 0.717) is 22.6 Å². The second-order valence-electron chi connectivity index (χ2n) is 9.23. The molecule has 5 rings (SSSR count). The molecule has 7 heteroatoms. The maximum atomic E-state index is 11.7. The summed E-state index contributed by atoms with van der Waals surface area (Å²) in [4.78, 5) is 11.7. The zero-order valence-electron chi connectivity index (χ0n) is 19.2. The number of nitrogens with zero attached hydrogens (tertiary/aromatic N) is 3. The number of fused-ring (bicyclic) bond motifs is 1. The molecule has 2 fully saturated rings. The monoisotopic (exact) mass is 463 g/mol. The number of hydrogen-bond acceptors (Lipinski definition) is 6. The Morgan fingerprint density at radius 2 is 1.64 bits per heavy atom. The number of rotatable bonds is 7. The van der Waals surface area contributed by atoms with E-state index >= 15 is 0 Å². The summed E-state index contributed by atoms with van der Waals surface area (Å²) in [6.45, 7) is 6.91. The van der Waals surface area contributed by atoms with Crippen molar-refractivity contribution < 1.29 is 13.2 Å². The van der Waals surface area contributed by atoms with E-state index < -0.39 is 9.84 Å². The minimum Gasteiger partial charge on any atom is -0.493 e. The highest BCUT2D eigenvalue weighted by atomic mass is 32.2. The van der Waals surface area contributed by atoms with Gasteiger partial charge in [0, 0.05) is 37.7 Å². The van der Waals surface area contributed by atoms with Crippen molar-refractivity contribution in [1.82, 2.24) is 9.97 Å². The first-order chi connectivity index (χ1) is 15.8. The van der Waals surface area contributed by atoms with Crippen molar-refractivity contribution >= 4 is 15.8 Å². The number of sulfone groups is 1. The Bertz CT molecular complexity index is 1240. The number of ether oxygens (including phenoxy) is 1. The Hall–Kier alpha value is -2.93. The molecule has 1 saturated heterocycles. The van der Waals surface area contributed by atoms with Crippen molar-refractivity contribution in [2.24, 2.45) is 17.8 Å². The Morgan fingerprint density at radius 3 is 2.21 bits per heavy atom. The van der Waals surface area contributed by atoms with Gasteiger partial charge < -0.3 is 9.64 Å². The number of hydrogen-bond donors (Lipinski definition) is 0. The van der Waals surface area contributed by atoms with Crippen LogP contribution < -0.4 is 9.64 Å². The molecule has 2 heterocycles. The van der Waals surface area contributed by atoms with Crippen molar-refractivity contribution in [3.05, 3.63) is 66.0 Å². The van der Waals surface area contributed by atoms with Crippen LogP contribution in [0.3, 0.4) is 0 Å². The van der Waals surface area contributed by atoms with Crippen molar-refractivity contribution in [2.45, 2.75) is 25.2 Å². The summed E-state index contributed by atoms with van der Waals surface area (Å²) < 4.78 is 29.5. The van der Waals surface area contributed by atoms with Crippen LogP contribution in [0.5, 0.6) is 5.75 Å². The van der Waals surface area contributed by atoms with Gasteiger partial charge in [-0.1, -0.05) is 25.1 Å². The first-order valence-electron chi connectivity index (χ1n) is 11.4. The molecule has 3 aromatic rings. The molecule has 1 aliphatic heterocycles. The topological polar surface area (TPSA) is 72.4 Å². The molecule has 0 radical (unpaired) electrons. The average Bonchev–Trinajstić information content (AvgIpc) is 3.26. The van der Waals surface area contributed by atoms with E-state index in [1.165, 1.54) is 11.8 Å². The largest absolute Gasteiger partial charge is 0.493 e. The van der Waals surface area contributed by atoms with Crippen molar-refractivity contribution in [1.29, 1.82) is 0 Å². The summed E-state index contributed by atoms with van der Waals surface area (Å²) in [5.74, 6) is 3.67. The van der Waals surface area contributed by atoms with Gasteiger partial charge in [0.1, 0.15) is 5.75 Å².